The molecule has 1 heterocycles. The highest BCUT2D eigenvalue weighted by Gasteiger charge is 2.50. The molecular formula is C15H21N. The lowest BCUT2D eigenvalue weighted by atomic mass is 9.49. The monoisotopic (exact) mass is 215 g/mol. The van der Waals surface area contributed by atoms with Crippen LogP contribution in [0, 0.1) is 23.2 Å². The second-order valence-electron chi connectivity index (χ2n) is 6.77. The summed E-state index contributed by atoms with van der Waals surface area (Å²) in [6, 6.07) is 4.33. The predicted molar refractivity (Wildman–Crippen MR) is 65.0 cm³/mol. The van der Waals surface area contributed by atoms with Crippen molar-refractivity contribution in [3.8, 4) is 0 Å². The summed E-state index contributed by atoms with van der Waals surface area (Å²) in [4.78, 5) is 0. The standard InChI is InChI=1S/C15H21N/c1-2-4-16(3-1)11-15-8-12-5-13(9-15)7-14(6-12)10-15/h1-4,12-14H,5-11H2. The smallest absolute Gasteiger partial charge is 0.0276 e. The lowest BCUT2D eigenvalue weighted by molar-refractivity contribution is -0.0618. The summed E-state index contributed by atoms with van der Waals surface area (Å²) in [5.41, 5.74) is 0.688. The summed E-state index contributed by atoms with van der Waals surface area (Å²) in [5.74, 6) is 3.26. The van der Waals surface area contributed by atoms with Crippen molar-refractivity contribution in [2.45, 2.75) is 45.1 Å². The fourth-order valence-electron chi connectivity index (χ4n) is 5.35. The van der Waals surface area contributed by atoms with Crippen LogP contribution in [0.2, 0.25) is 0 Å². The Labute approximate surface area is 97.8 Å². The second-order valence-corrected chi connectivity index (χ2v) is 6.77. The summed E-state index contributed by atoms with van der Waals surface area (Å²) in [6.07, 6.45) is 13.8. The number of aromatic nitrogens is 1. The predicted octanol–water partition coefficient (Wildman–Crippen LogP) is 3.70. The van der Waals surface area contributed by atoms with Crippen LogP contribution in [0.15, 0.2) is 24.5 Å². The van der Waals surface area contributed by atoms with Gasteiger partial charge in [0.1, 0.15) is 0 Å². The summed E-state index contributed by atoms with van der Waals surface area (Å²) in [7, 11) is 0. The van der Waals surface area contributed by atoms with Crippen LogP contribution in [0.25, 0.3) is 0 Å². The van der Waals surface area contributed by atoms with E-state index in [0.717, 1.165) is 17.8 Å². The number of hydrogen-bond donors (Lipinski definition) is 0. The maximum atomic E-state index is 2.42. The van der Waals surface area contributed by atoms with Gasteiger partial charge < -0.3 is 4.57 Å². The van der Waals surface area contributed by atoms with Gasteiger partial charge in [0.15, 0.2) is 0 Å². The van der Waals surface area contributed by atoms with Crippen molar-refractivity contribution in [2.24, 2.45) is 23.2 Å². The number of rotatable bonds is 2. The van der Waals surface area contributed by atoms with E-state index in [1.165, 1.54) is 25.8 Å². The molecule has 0 amide bonds. The van der Waals surface area contributed by atoms with Crippen molar-refractivity contribution in [3.05, 3.63) is 24.5 Å². The molecule has 0 aromatic carbocycles. The minimum atomic E-state index is 0.688. The Bertz CT molecular complexity index is 341. The minimum Gasteiger partial charge on any atom is -0.354 e. The fraction of sp³-hybridized carbons (Fsp3) is 0.733. The van der Waals surface area contributed by atoms with Gasteiger partial charge in [0.05, 0.1) is 0 Å². The van der Waals surface area contributed by atoms with Gasteiger partial charge in [-0.2, -0.15) is 0 Å². The first-order valence-corrected chi connectivity index (χ1v) is 6.92. The number of nitrogens with zero attached hydrogens (tertiary/aromatic N) is 1. The molecule has 16 heavy (non-hydrogen) atoms. The van der Waals surface area contributed by atoms with Gasteiger partial charge in [0, 0.05) is 18.9 Å². The molecule has 0 unspecified atom stereocenters. The molecule has 0 atom stereocenters. The van der Waals surface area contributed by atoms with E-state index in [4.69, 9.17) is 0 Å². The van der Waals surface area contributed by atoms with Crippen LogP contribution < -0.4 is 0 Å². The zero-order valence-corrected chi connectivity index (χ0v) is 9.94. The Hall–Kier alpha value is -0.720. The Kier molecular flexibility index (Phi) is 1.84. The van der Waals surface area contributed by atoms with Gasteiger partial charge in [-0.25, -0.2) is 0 Å². The van der Waals surface area contributed by atoms with Crippen LogP contribution in [0.5, 0.6) is 0 Å². The van der Waals surface area contributed by atoms with Gasteiger partial charge in [0.2, 0.25) is 0 Å². The molecule has 1 nitrogen and oxygen atoms in total. The van der Waals surface area contributed by atoms with Gasteiger partial charge >= 0.3 is 0 Å². The van der Waals surface area contributed by atoms with Gasteiger partial charge in [-0.05, 0) is 73.8 Å². The molecule has 0 radical (unpaired) electrons. The van der Waals surface area contributed by atoms with E-state index >= 15 is 0 Å². The molecule has 5 rings (SSSR count). The van der Waals surface area contributed by atoms with Crippen molar-refractivity contribution >= 4 is 0 Å². The topological polar surface area (TPSA) is 4.93 Å². The third-order valence-corrected chi connectivity index (χ3v) is 5.35. The molecule has 0 spiro atoms. The maximum Gasteiger partial charge on any atom is 0.0276 e. The second kappa shape index (κ2) is 3.15. The lowest BCUT2D eigenvalue weighted by Gasteiger charge is -2.57. The van der Waals surface area contributed by atoms with Crippen molar-refractivity contribution in [1.29, 1.82) is 0 Å². The van der Waals surface area contributed by atoms with Gasteiger partial charge in [-0.1, -0.05) is 0 Å². The van der Waals surface area contributed by atoms with E-state index in [1.54, 1.807) is 19.3 Å². The van der Waals surface area contributed by atoms with Crippen molar-refractivity contribution in [2.75, 3.05) is 0 Å². The molecule has 0 aliphatic heterocycles. The molecule has 0 N–H and O–H groups in total. The summed E-state index contributed by atoms with van der Waals surface area (Å²) >= 11 is 0. The largest absolute Gasteiger partial charge is 0.354 e. The van der Waals surface area contributed by atoms with E-state index in [0.29, 0.717) is 5.41 Å². The zero-order chi connectivity index (χ0) is 10.6. The lowest BCUT2D eigenvalue weighted by Crippen LogP contribution is -2.47. The van der Waals surface area contributed by atoms with Gasteiger partial charge in [0.25, 0.3) is 0 Å². The SMILES string of the molecule is c1ccn(CC23CC4CC(CC(C4)C2)C3)c1. The third-order valence-electron chi connectivity index (χ3n) is 5.35. The van der Waals surface area contributed by atoms with Crippen molar-refractivity contribution in [1.82, 2.24) is 4.57 Å². The molecular weight excluding hydrogens is 194 g/mol. The average molecular weight is 215 g/mol. The molecule has 1 heteroatoms. The summed E-state index contributed by atoms with van der Waals surface area (Å²) in [6.45, 7) is 1.30. The quantitative estimate of drug-likeness (QED) is 0.709. The summed E-state index contributed by atoms with van der Waals surface area (Å²) in [5, 5.41) is 0. The Morgan fingerprint density at radius 3 is 1.88 bits per heavy atom. The van der Waals surface area contributed by atoms with E-state index in [1.807, 2.05) is 0 Å². The van der Waals surface area contributed by atoms with Crippen LogP contribution in [0.4, 0.5) is 0 Å². The van der Waals surface area contributed by atoms with Crippen molar-refractivity contribution in [3.63, 3.8) is 0 Å². The average Bonchev–Trinajstić information content (AvgIpc) is 2.66. The third kappa shape index (κ3) is 1.37. The van der Waals surface area contributed by atoms with E-state index in [9.17, 15) is 0 Å². The van der Waals surface area contributed by atoms with Crippen molar-refractivity contribution < 1.29 is 0 Å². The maximum absolute atomic E-state index is 2.42. The normalized spacial score (nSPS) is 45.1. The highest BCUT2D eigenvalue weighted by molar-refractivity contribution is 5.02. The highest BCUT2D eigenvalue weighted by atomic mass is 15.0. The minimum absolute atomic E-state index is 0.688. The zero-order valence-electron chi connectivity index (χ0n) is 9.94. The van der Waals surface area contributed by atoms with Crippen LogP contribution in [0.3, 0.4) is 0 Å². The highest BCUT2D eigenvalue weighted by Crippen LogP contribution is 2.60. The molecule has 4 fully saturated rings. The fourth-order valence-corrected chi connectivity index (χ4v) is 5.35. The molecule has 4 aliphatic carbocycles. The molecule has 0 saturated heterocycles. The summed E-state index contributed by atoms with van der Waals surface area (Å²) < 4.78 is 2.42. The number of hydrogen-bond acceptors (Lipinski definition) is 0. The molecule has 4 saturated carbocycles. The Balaban J connectivity index is 1.62. The first kappa shape index (κ1) is 9.32. The molecule has 4 bridgehead atoms. The van der Waals surface area contributed by atoms with E-state index in [2.05, 4.69) is 29.1 Å². The van der Waals surface area contributed by atoms with E-state index in [-0.39, 0.29) is 0 Å². The van der Waals surface area contributed by atoms with Gasteiger partial charge in [-0.15, -0.1) is 0 Å². The molecule has 1 aromatic heterocycles. The van der Waals surface area contributed by atoms with Crippen LogP contribution >= 0.6 is 0 Å². The molecule has 1 aromatic rings. The van der Waals surface area contributed by atoms with Crippen LogP contribution in [-0.2, 0) is 6.54 Å². The van der Waals surface area contributed by atoms with Crippen LogP contribution in [-0.4, -0.2) is 4.57 Å². The molecule has 86 valence electrons. The Morgan fingerprint density at radius 2 is 1.38 bits per heavy atom. The first-order chi connectivity index (χ1) is 7.81. The Morgan fingerprint density at radius 1 is 0.875 bits per heavy atom. The van der Waals surface area contributed by atoms with Crippen LogP contribution in [0.1, 0.15) is 38.5 Å². The van der Waals surface area contributed by atoms with Gasteiger partial charge in [-0.3, -0.25) is 0 Å². The van der Waals surface area contributed by atoms with E-state index < -0.39 is 0 Å². The first-order valence-electron chi connectivity index (χ1n) is 6.92. The molecule has 4 aliphatic rings.